The van der Waals surface area contributed by atoms with Crippen molar-refractivity contribution in [2.24, 2.45) is 0 Å². The molecule has 1 aromatic heterocycles. The summed E-state index contributed by atoms with van der Waals surface area (Å²) in [6.07, 6.45) is 0. The molecular weight excluding hydrogens is 322 g/mol. The Bertz CT molecular complexity index is 910. The first-order valence-electron chi connectivity index (χ1n) is 7.75. The summed E-state index contributed by atoms with van der Waals surface area (Å²) in [6.45, 7) is 2.48. The summed E-state index contributed by atoms with van der Waals surface area (Å²) >= 11 is 0. The van der Waals surface area contributed by atoms with Crippen molar-refractivity contribution in [2.45, 2.75) is 6.92 Å². The summed E-state index contributed by atoms with van der Waals surface area (Å²) in [5.74, 6) is 0.705. The van der Waals surface area contributed by atoms with Gasteiger partial charge in [-0.05, 0) is 37.3 Å². The summed E-state index contributed by atoms with van der Waals surface area (Å²) in [7, 11) is 1.37. The number of hydrogen-bond donors (Lipinski definition) is 1. The summed E-state index contributed by atoms with van der Waals surface area (Å²) < 4.78 is 10.5. The van der Waals surface area contributed by atoms with E-state index in [1.54, 1.807) is 36.4 Å². The minimum Gasteiger partial charge on any atom is -0.494 e. The van der Waals surface area contributed by atoms with Crippen molar-refractivity contribution in [3.63, 3.8) is 0 Å². The van der Waals surface area contributed by atoms with Crippen molar-refractivity contribution in [3.8, 4) is 11.6 Å². The molecule has 0 saturated carbocycles. The van der Waals surface area contributed by atoms with Crippen LogP contribution in [-0.4, -0.2) is 23.6 Å². The Morgan fingerprint density at radius 3 is 2.52 bits per heavy atom. The van der Waals surface area contributed by atoms with Crippen molar-refractivity contribution in [3.05, 3.63) is 58.6 Å². The van der Waals surface area contributed by atoms with Gasteiger partial charge in [0.15, 0.2) is 0 Å². The molecule has 0 radical (unpaired) electrons. The Labute approximate surface area is 144 Å². The minimum absolute atomic E-state index is 0.0304. The number of pyridine rings is 1. The lowest BCUT2D eigenvalue weighted by molar-refractivity contribution is -0.385. The molecule has 0 spiro atoms. The quantitative estimate of drug-likeness (QED) is 0.532. The number of benzene rings is 2. The van der Waals surface area contributed by atoms with Crippen molar-refractivity contribution in [2.75, 3.05) is 19.0 Å². The van der Waals surface area contributed by atoms with E-state index >= 15 is 0 Å². The monoisotopic (exact) mass is 339 g/mol. The highest BCUT2D eigenvalue weighted by atomic mass is 16.6. The first-order valence-corrected chi connectivity index (χ1v) is 7.75. The van der Waals surface area contributed by atoms with Crippen LogP contribution < -0.4 is 14.8 Å². The number of nitrogens with zero attached hydrogens (tertiary/aromatic N) is 2. The van der Waals surface area contributed by atoms with Crippen LogP contribution in [-0.2, 0) is 0 Å². The molecule has 0 saturated heterocycles. The number of rotatable bonds is 6. The van der Waals surface area contributed by atoms with Crippen LogP contribution in [0.2, 0.25) is 0 Å². The second-order valence-corrected chi connectivity index (χ2v) is 5.20. The van der Waals surface area contributed by atoms with Crippen LogP contribution in [0.5, 0.6) is 11.6 Å². The first kappa shape index (κ1) is 16.5. The maximum atomic E-state index is 11.6. The summed E-state index contributed by atoms with van der Waals surface area (Å²) in [5, 5.41) is 15.4. The zero-order valence-electron chi connectivity index (χ0n) is 13.9. The molecular formula is C18H17N3O4. The Hall–Kier alpha value is -3.35. The second-order valence-electron chi connectivity index (χ2n) is 5.20. The molecule has 0 bridgehead atoms. The topological polar surface area (TPSA) is 86.5 Å². The number of nitrogens with one attached hydrogen (secondary N) is 1. The van der Waals surface area contributed by atoms with Gasteiger partial charge in [0, 0.05) is 11.1 Å². The molecule has 0 aliphatic carbocycles. The van der Waals surface area contributed by atoms with Crippen molar-refractivity contribution >= 4 is 28.0 Å². The Morgan fingerprint density at radius 1 is 1.16 bits per heavy atom. The van der Waals surface area contributed by atoms with Gasteiger partial charge in [-0.1, -0.05) is 18.2 Å². The van der Waals surface area contributed by atoms with E-state index < -0.39 is 4.92 Å². The Kier molecular flexibility index (Phi) is 4.65. The van der Waals surface area contributed by atoms with Gasteiger partial charge in [0.2, 0.25) is 0 Å². The third-order valence-corrected chi connectivity index (χ3v) is 3.65. The van der Waals surface area contributed by atoms with E-state index in [0.717, 1.165) is 5.75 Å². The first-order chi connectivity index (χ1) is 12.1. The fraction of sp³-hybridized carbons (Fsp3) is 0.167. The van der Waals surface area contributed by atoms with E-state index in [1.807, 2.05) is 19.1 Å². The van der Waals surface area contributed by atoms with Gasteiger partial charge in [-0.2, -0.15) is 0 Å². The summed E-state index contributed by atoms with van der Waals surface area (Å²) in [5.41, 5.74) is 1.45. The molecule has 0 aliphatic heterocycles. The molecule has 1 heterocycles. The molecule has 7 heteroatoms. The number of anilines is 2. The summed E-state index contributed by atoms with van der Waals surface area (Å²) in [4.78, 5) is 15.3. The molecule has 25 heavy (non-hydrogen) atoms. The Balaban J connectivity index is 2.12. The molecule has 1 N–H and O–H groups in total. The third-order valence-electron chi connectivity index (χ3n) is 3.65. The average Bonchev–Trinajstić information content (AvgIpc) is 2.62. The highest BCUT2D eigenvalue weighted by Crippen LogP contribution is 2.40. The maximum Gasteiger partial charge on any atom is 0.354 e. The lowest BCUT2D eigenvalue weighted by Gasteiger charge is -2.13. The van der Waals surface area contributed by atoms with Gasteiger partial charge in [0.1, 0.15) is 11.4 Å². The number of para-hydroxylation sites is 1. The fourth-order valence-corrected chi connectivity index (χ4v) is 2.56. The van der Waals surface area contributed by atoms with E-state index in [1.165, 1.54) is 7.11 Å². The van der Waals surface area contributed by atoms with Gasteiger partial charge in [-0.3, -0.25) is 10.1 Å². The van der Waals surface area contributed by atoms with Crippen LogP contribution in [0.25, 0.3) is 10.9 Å². The molecule has 0 aliphatic rings. The van der Waals surface area contributed by atoms with Crippen LogP contribution in [0, 0.1) is 10.1 Å². The highest BCUT2D eigenvalue weighted by molar-refractivity contribution is 5.99. The lowest BCUT2D eigenvalue weighted by Crippen LogP contribution is -2.03. The van der Waals surface area contributed by atoms with Gasteiger partial charge in [-0.25, -0.2) is 4.98 Å². The molecule has 7 nitrogen and oxygen atoms in total. The second kappa shape index (κ2) is 7.04. The van der Waals surface area contributed by atoms with E-state index in [-0.39, 0.29) is 11.6 Å². The van der Waals surface area contributed by atoms with Crippen LogP contribution in [0.4, 0.5) is 17.1 Å². The molecule has 3 aromatic rings. The minimum atomic E-state index is -0.491. The van der Waals surface area contributed by atoms with Crippen LogP contribution in [0.15, 0.2) is 48.5 Å². The van der Waals surface area contributed by atoms with Crippen LogP contribution in [0.1, 0.15) is 6.92 Å². The number of fused-ring (bicyclic) bond motifs is 1. The number of nitro groups is 1. The largest absolute Gasteiger partial charge is 0.494 e. The van der Waals surface area contributed by atoms with Crippen molar-refractivity contribution in [1.82, 2.24) is 4.98 Å². The van der Waals surface area contributed by atoms with Gasteiger partial charge in [0.05, 0.1) is 24.2 Å². The average molecular weight is 339 g/mol. The SMILES string of the molecule is CCOc1ccc(Nc2c([N+](=O)[O-])c(OC)nc3ccccc23)cc1. The van der Waals surface area contributed by atoms with Crippen LogP contribution >= 0.6 is 0 Å². The number of hydrogen-bond acceptors (Lipinski definition) is 6. The summed E-state index contributed by atoms with van der Waals surface area (Å²) in [6, 6.07) is 14.4. The highest BCUT2D eigenvalue weighted by Gasteiger charge is 2.26. The predicted molar refractivity (Wildman–Crippen MR) is 95.8 cm³/mol. The van der Waals surface area contributed by atoms with E-state index in [9.17, 15) is 10.1 Å². The van der Waals surface area contributed by atoms with Crippen LogP contribution in [0.3, 0.4) is 0 Å². The van der Waals surface area contributed by atoms with Crippen molar-refractivity contribution < 1.29 is 14.4 Å². The molecule has 3 rings (SSSR count). The fourth-order valence-electron chi connectivity index (χ4n) is 2.56. The molecule has 0 amide bonds. The molecule has 128 valence electrons. The molecule has 0 unspecified atom stereocenters. The smallest absolute Gasteiger partial charge is 0.354 e. The zero-order chi connectivity index (χ0) is 17.8. The number of ether oxygens (including phenoxy) is 2. The van der Waals surface area contributed by atoms with Gasteiger partial charge < -0.3 is 14.8 Å². The maximum absolute atomic E-state index is 11.6. The normalized spacial score (nSPS) is 10.5. The number of methoxy groups -OCH3 is 1. The molecule has 2 aromatic carbocycles. The molecule has 0 atom stereocenters. The van der Waals surface area contributed by atoms with E-state index in [4.69, 9.17) is 9.47 Å². The van der Waals surface area contributed by atoms with Gasteiger partial charge in [0.25, 0.3) is 5.88 Å². The third kappa shape index (κ3) is 3.30. The number of aromatic nitrogens is 1. The van der Waals surface area contributed by atoms with Gasteiger partial charge >= 0.3 is 5.69 Å². The lowest BCUT2D eigenvalue weighted by atomic mass is 10.1. The van der Waals surface area contributed by atoms with Crippen molar-refractivity contribution in [1.29, 1.82) is 0 Å². The van der Waals surface area contributed by atoms with E-state index in [0.29, 0.717) is 28.9 Å². The Morgan fingerprint density at radius 2 is 1.88 bits per heavy atom. The van der Waals surface area contributed by atoms with Gasteiger partial charge in [-0.15, -0.1) is 0 Å². The van der Waals surface area contributed by atoms with E-state index in [2.05, 4.69) is 10.3 Å². The standard InChI is InChI=1S/C18H17N3O4/c1-3-25-13-10-8-12(9-11-13)19-16-14-6-4-5-7-15(14)20-18(24-2)17(16)21(22)23/h4-11H,3H2,1-2H3,(H,19,20). The molecule has 0 fully saturated rings. The zero-order valence-corrected chi connectivity index (χ0v) is 13.9. The predicted octanol–water partition coefficient (Wildman–Crippen LogP) is 4.29.